The molecule has 3 rings (SSSR count). The molecule has 0 radical (unpaired) electrons. The van der Waals surface area contributed by atoms with Crippen molar-refractivity contribution in [2.45, 2.75) is 32.4 Å². The maximum atomic E-state index is 12.3. The third kappa shape index (κ3) is 4.14. The van der Waals surface area contributed by atoms with E-state index < -0.39 is 0 Å². The second-order valence-electron chi connectivity index (χ2n) is 5.86. The van der Waals surface area contributed by atoms with Crippen LogP contribution in [0.25, 0.3) is 0 Å². The van der Waals surface area contributed by atoms with Crippen molar-refractivity contribution in [3.05, 3.63) is 47.3 Å². The highest BCUT2D eigenvalue weighted by molar-refractivity contribution is 5.94. The molecule has 1 aromatic heterocycles. The second kappa shape index (κ2) is 7.97. The van der Waals surface area contributed by atoms with Gasteiger partial charge in [-0.2, -0.15) is 5.10 Å². The third-order valence-electron chi connectivity index (χ3n) is 4.05. The fraction of sp³-hybridized carbons (Fsp3) is 0.444. The standard InChI is InChI=1S/C18H23N3O3/c1-23-9-10-24-17-7-4-5-14(11-17)18(22)19-13-15-12-16-6-2-3-8-21(16)20-15/h4-5,7,11-12H,2-3,6,8-10,13H2,1H3,(H,19,22). The van der Waals surface area contributed by atoms with E-state index in [0.717, 1.165) is 18.7 Å². The van der Waals surface area contributed by atoms with Crippen LogP contribution in [-0.4, -0.2) is 36.0 Å². The molecule has 1 aliphatic heterocycles. The molecule has 128 valence electrons. The van der Waals surface area contributed by atoms with Crippen LogP contribution < -0.4 is 10.1 Å². The minimum absolute atomic E-state index is 0.127. The normalized spacial score (nSPS) is 13.4. The highest BCUT2D eigenvalue weighted by atomic mass is 16.5. The summed E-state index contributed by atoms with van der Waals surface area (Å²) in [4.78, 5) is 12.3. The number of aryl methyl sites for hydroxylation is 2. The minimum atomic E-state index is -0.127. The number of amides is 1. The lowest BCUT2D eigenvalue weighted by molar-refractivity contribution is 0.0949. The summed E-state index contributed by atoms with van der Waals surface area (Å²) in [6.07, 6.45) is 3.46. The Hall–Kier alpha value is -2.34. The molecule has 0 spiro atoms. The molecule has 0 saturated carbocycles. The van der Waals surface area contributed by atoms with Gasteiger partial charge in [-0.15, -0.1) is 0 Å². The second-order valence-corrected chi connectivity index (χ2v) is 5.86. The molecule has 2 heterocycles. The van der Waals surface area contributed by atoms with Gasteiger partial charge in [-0.3, -0.25) is 9.48 Å². The van der Waals surface area contributed by atoms with E-state index in [1.165, 1.54) is 18.5 Å². The van der Waals surface area contributed by atoms with Gasteiger partial charge in [0, 0.05) is 24.9 Å². The Morgan fingerprint density at radius 3 is 3.04 bits per heavy atom. The van der Waals surface area contributed by atoms with Gasteiger partial charge in [-0.1, -0.05) is 6.07 Å². The lowest BCUT2D eigenvalue weighted by atomic mass is 10.1. The first kappa shape index (κ1) is 16.5. The van der Waals surface area contributed by atoms with Crippen molar-refractivity contribution >= 4 is 5.91 Å². The number of rotatable bonds is 7. The average Bonchev–Trinajstić information content (AvgIpc) is 3.03. The van der Waals surface area contributed by atoms with Crippen LogP contribution in [0.15, 0.2) is 30.3 Å². The van der Waals surface area contributed by atoms with Gasteiger partial charge < -0.3 is 14.8 Å². The molecule has 0 aliphatic carbocycles. The van der Waals surface area contributed by atoms with Gasteiger partial charge in [0.05, 0.1) is 18.8 Å². The molecule has 0 saturated heterocycles. The molecule has 6 heteroatoms. The molecule has 24 heavy (non-hydrogen) atoms. The number of nitrogens with zero attached hydrogens (tertiary/aromatic N) is 2. The third-order valence-corrected chi connectivity index (χ3v) is 4.05. The zero-order valence-corrected chi connectivity index (χ0v) is 14.0. The molecule has 6 nitrogen and oxygen atoms in total. The number of hydrogen-bond donors (Lipinski definition) is 1. The molecule has 2 aromatic rings. The van der Waals surface area contributed by atoms with Gasteiger partial charge in [0.2, 0.25) is 0 Å². The first-order valence-corrected chi connectivity index (χ1v) is 8.32. The lowest BCUT2D eigenvalue weighted by Crippen LogP contribution is -2.23. The van der Waals surface area contributed by atoms with Crippen molar-refractivity contribution in [3.63, 3.8) is 0 Å². The Kier molecular flexibility index (Phi) is 5.48. The van der Waals surface area contributed by atoms with E-state index in [4.69, 9.17) is 9.47 Å². The highest BCUT2D eigenvalue weighted by Crippen LogP contribution is 2.16. The summed E-state index contributed by atoms with van der Waals surface area (Å²) in [6, 6.07) is 9.24. The predicted molar refractivity (Wildman–Crippen MR) is 90.1 cm³/mol. The van der Waals surface area contributed by atoms with Crippen molar-refractivity contribution in [3.8, 4) is 5.75 Å². The zero-order chi connectivity index (χ0) is 16.8. The van der Waals surface area contributed by atoms with E-state index in [2.05, 4.69) is 21.2 Å². The summed E-state index contributed by atoms with van der Waals surface area (Å²) in [7, 11) is 1.63. The molecular weight excluding hydrogens is 306 g/mol. The molecule has 1 aromatic carbocycles. The van der Waals surface area contributed by atoms with Crippen LogP contribution in [0, 0.1) is 0 Å². The summed E-state index contributed by atoms with van der Waals surface area (Å²) in [6.45, 7) is 2.39. The summed E-state index contributed by atoms with van der Waals surface area (Å²) >= 11 is 0. The summed E-state index contributed by atoms with van der Waals surface area (Å²) in [5.74, 6) is 0.537. The first-order valence-electron chi connectivity index (χ1n) is 8.32. The number of carbonyl (C=O) groups excluding carboxylic acids is 1. The topological polar surface area (TPSA) is 65.4 Å². The van der Waals surface area contributed by atoms with E-state index in [9.17, 15) is 4.79 Å². The van der Waals surface area contributed by atoms with Crippen molar-refractivity contribution < 1.29 is 14.3 Å². The summed E-state index contributed by atoms with van der Waals surface area (Å²) in [5.41, 5.74) is 2.75. The van der Waals surface area contributed by atoms with Gasteiger partial charge in [0.25, 0.3) is 5.91 Å². The number of nitrogens with one attached hydrogen (secondary N) is 1. The highest BCUT2D eigenvalue weighted by Gasteiger charge is 2.13. The zero-order valence-electron chi connectivity index (χ0n) is 14.0. The fourth-order valence-corrected chi connectivity index (χ4v) is 2.81. The average molecular weight is 329 g/mol. The van der Waals surface area contributed by atoms with E-state index in [0.29, 0.717) is 31.1 Å². The van der Waals surface area contributed by atoms with Crippen LogP contribution in [0.2, 0.25) is 0 Å². The maximum Gasteiger partial charge on any atom is 0.251 e. The van der Waals surface area contributed by atoms with Crippen molar-refractivity contribution in [1.29, 1.82) is 0 Å². The Labute approximate surface area is 141 Å². The summed E-state index contributed by atoms with van der Waals surface area (Å²) < 4.78 is 12.5. The van der Waals surface area contributed by atoms with Gasteiger partial charge in [0.15, 0.2) is 0 Å². The van der Waals surface area contributed by atoms with Crippen LogP contribution in [0.3, 0.4) is 0 Å². The van der Waals surface area contributed by atoms with E-state index in [1.807, 2.05) is 12.1 Å². The van der Waals surface area contributed by atoms with Crippen molar-refractivity contribution in [2.75, 3.05) is 20.3 Å². The first-order chi connectivity index (χ1) is 11.8. The number of benzene rings is 1. The monoisotopic (exact) mass is 329 g/mol. The Bertz CT molecular complexity index is 673. The number of ether oxygens (including phenoxy) is 2. The SMILES string of the molecule is COCCOc1cccc(C(=O)NCc2cc3n(n2)CCCC3)c1. The Morgan fingerprint density at radius 2 is 2.21 bits per heavy atom. The molecule has 0 fully saturated rings. The van der Waals surface area contributed by atoms with Gasteiger partial charge in [0.1, 0.15) is 12.4 Å². The Morgan fingerprint density at radius 1 is 1.29 bits per heavy atom. The van der Waals surface area contributed by atoms with Crippen LogP contribution >= 0.6 is 0 Å². The van der Waals surface area contributed by atoms with Crippen LogP contribution in [0.4, 0.5) is 0 Å². The van der Waals surface area contributed by atoms with Gasteiger partial charge >= 0.3 is 0 Å². The van der Waals surface area contributed by atoms with E-state index in [-0.39, 0.29) is 5.91 Å². The number of fused-ring (bicyclic) bond motifs is 1. The van der Waals surface area contributed by atoms with Crippen LogP contribution in [-0.2, 0) is 24.2 Å². The van der Waals surface area contributed by atoms with E-state index in [1.54, 1.807) is 19.2 Å². The molecule has 0 atom stereocenters. The molecule has 1 aliphatic rings. The minimum Gasteiger partial charge on any atom is -0.491 e. The van der Waals surface area contributed by atoms with Crippen molar-refractivity contribution in [1.82, 2.24) is 15.1 Å². The molecular formula is C18H23N3O3. The number of methoxy groups -OCH3 is 1. The summed E-state index contributed by atoms with van der Waals surface area (Å²) in [5, 5.41) is 7.47. The Balaban J connectivity index is 1.56. The largest absolute Gasteiger partial charge is 0.491 e. The smallest absolute Gasteiger partial charge is 0.251 e. The van der Waals surface area contributed by atoms with Gasteiger partial charge in [-0.05, 0) is 43.5 Å². The maximum absolute atomic E-state index is 12.3. The lowest BCUT2D eigenvalue weighted by Gasteiger charge is -2.11. The van der Waals surface area contributed by atoms with Crippen molar-refractivity contribution in [2.24, 2.45) is 0 Å². The number of hydrogen-bond acceptors (Lipinski definition) is 4. The predicted octanol–water partition coefficient (Wildman–Crippen LogP) is 2.17. The molecule has 1 amide bonds. The van der Waals surface area contributed by atoms with E-state index >= 15 is 0 Å². The fourth-order valence-electron chi connectivity index (χ4n) is 2.81. The van der Waals surface area contributed by atoms with Crippen LogP contribution in [0.1, 0.15) is 34.6 Å². The number of carbonyl (C=O) groups is 1. The van der Waals surface area contributed by atoms with Gasteiger partial charge in [-0.25, -0.2) is 0 Å². The number of aromatic nitrogens is 2. The quantitative estimate of drug-likeness (QED) is 0.791. The molecule has 1 N–H and O–H groups in total. The molecule has 0 bridgehead atoms. The van der Waals surface area contributed by atoms with Crippen LogP contribution in [0.5, 0.6) is 5.75 Å². The molecule has 0 unspecified atom stereocenters.